The third kappa shape index (κ3) is 6.63. The second-order valence-corrected chi connectivity index (χ2v) is 10.0. The number of nitrogens with zero attached hydrogens (tertiary/aromatic N) is 9. The molecule has 1 amide bonds. The van der Waals surface area contributed by atoms with Crippen molar-refractivity contribution in [2.75, 3.05) is 27.3 Å². The van der Waals surface area contributed by atoms with Crippen molar-refractivity contribution in [1.29, 1.82) is 0 Å². The normalized spacial score (nSPS) is 11.3. The van der Waals surface area contributed by atoms with Gasteiger partial charge < -0.3 is 30.0 Å². The second-order valence-electron chi connectivity index (χ2n) is 9.10. The van der Waals surface area contributed by atoms with Crippen molar-refractivity contribution in [3.63, 3.8) is 0 Å². The largest absolute Gasteiger partial charge is 1.00 e. The van der Waals surface area contributed by atoms with Crippen LogP contribution in [-0.4, -0.2) is 53.2 Å². The molecule has 0 saturated heterocycles. The van der Waals surface area contributed by atoms with E-state index in [0.717, 1.165) is 33.8 Å². The maximum Gasteiger partial charge on any atom is 1.00 e. The summed E-state index contributed by atoms with van der Waals surface area (Å²) in [5, 5.41) is 5.54. The second kappa shape index (κ2) is 13.6. The first-order chi connectivity index (χ1) is 17.7. The average molecular weight is 546 g/mol. The number of carbonyl (C=O) groups excluding carboxylic acids is 1. The van der Waals surface area contributed by atoms with Gasteiger partial charge in [-0.3, -0.25) is 9.71 Å². The van der Waals surface area contributed by atoms with E-state index >= 15 is 0 Å². The minimum Gasteiger partial charge on any atom is -0.493 e. The molecule has 0 fully saturated rings. The molecule has 1 aliphatic rings. The molecule has 2 aromatic heterocycles. The Bertz CT molecular complexity index is 1350. The van der Waals surface area contributed by atoms with Gasteiger partial charge in [0.15, 0.2) is 17.3 Å². The Morgan fingerprint density at radius 2 is 1.97 bits per heavy atom. The van der Waals surface area contributed by atoms with Crippen LogP contribution in [0.3, 0.4) is 0 Å². The number of aryl methyl sites for hydroxylation is 1. The zero-order valence-electron chi connectivity index (χ0n) is 22.4. The quantitative estimate of drug-likeness (QED) is 0.146. The Kier molecular flexibility index (Phi) is 11.1. The smallest absolute Gasteiger partial charge is 0.493 e. The molecule has 12 nitrogen and oxygen atoms in total. The first-order valence-corrected chi connectivity index (χ1v) is 12.3. The number of fused-ring (bicyclic) bond motifs is 3. The minimum absolute atomic E-state index is 0. The Balaban J connectivity index is 0.00000121. The van der Waals surface area contributed by atoms with Crippen LogP contribution < -0.4 is 39.0 Å². The molecular weight excluding hydrogens is 517 g/mol. The van der Waals surface area contributed by atoms with Crippen LogP contribution in [-0.2, 0) is 13.0 Å². The van der Waals surface area contributed by atoms with Gasteiger partial charge in [0.1, 0.15) is 5.69 Å². The molecule has 0 aliphatic carbocycles. The summed E-state index contributed by atoms with van der Waals surface area (Å²) in [5.74, 6) is 1.50. The van der Waals surface area contributed by atoms with E-state index in [0.29, 0.717) is 23.9 Å². The van der Waals surface area contributed by atoms with Gasteiger partial charge in [0, 0.05) is 29.6 Å². The summed E-state index contributed by atoms with van der Waals surface area (Å²) in [6.07, 6.45) is 0.734. The standard InChI is InChI=1S/C24H28N6O3S.N3.Na/c1-24(2,3)29(4)23(31)22-27-20(19-7-6-12-34-19)21-16-14-18(33-11-9-26-28-25)17(32-5)13-15(16)8-10-30(21)22;1-3-2;/h6-7,12-14H,8-11H2,1-5H3;;/q;-1;+1. The molecule has 38 heavy (non-hydrogen) atoms. The topological polar surface area (TPSA) is 164 Å². The molecule has 0 atom stereocenters. The Hall–Kier alpha value is -3.18. The van der Waals surface area contributed by atoms with Crippen LogP contribution in [0.25, 0.3) is 48.2 Å². The number of methoxy groups -OCH3 is 1. The molecule has 3 heterocycles. The number of hydrogen-bond acceptors (Lipinski definition) is 6. The molecule has 1 aliphatic heterocycles. The molecule has 0 bridgehead atoms. The maximum absolute atomic E-state index is 13.5. The SMILES string of the molecule is COc1cc2c(cc1OCCN=[N+]=[N-])-c1c(-c3cccs3)nc(C(=O)N(C)C(C)(C)C)n1CC2.[N-]=[N+]=[N-].[Na+]. The van der Waals surface area contributed by atoms with Crippen LogP contribution in [0.15, 0.2) is 34.8 Å². The summed E-state index contributed by atoms with van der Waals surface area (Å²) in [4.78, 5) is 25.4. The van der Waals surface area contributed by atoms with E-state index in [1.165, 1.54) is 4.91 Å². The fourth-order valence-corrected chi connectivity index (χ4v) is 4.64. The summed E-state index contributed by atoms with van der Waals surface area (Å²) in [7, 11) is 3.41. The van der Waals surface area contributed by atoms with E-state index in [1.54, 1.807) is 23.3 Å². The van der Waals surface area contributed by atoms with Gasteiger partial charge in [0.05, 0.1) is 30.8 Å². The molecule has 0 radical (unpaired) electrons. The van der Waals surface area contributed by atoms with Crippen LogP contribution in [0.5, 0.6) is 11.5 Å². The Morgan fingerprint density at radius 3 is 2.55 bits per heavy atom. The fraction of sp³-hybridized carbons (Fsp3) is 0.417. The zero-order valence-corrected chi connectivity index (χ0v) is 25.2. The Morgan fingerprint density at radius 1 is 1.26 bits per heavy atom. The number of rotatable bonds is 7. The predicted molar refractivity (Wildman–Crippen MR) is 143 cm³/mol. The number of carbonyl (C=O) groups is 1. The van der Waals surface area contributed by atoms with Crippen molar-refractivity contribution in [1.82, 2.24) is 14.5 Å². The van der Waals surface area contributed by atoms with Gasteiger partial charge in [-0.25, -0.2) is 4.98 Å². The van der Waals surface area contributed by atoms with Gasteiger partial charge in [0.25, 0.3) is 5.91 Å². The summed E-state index contributed by atoms with van der Waals surface area (Å²) in [6.45, 7) is 7.11. The third-order valence-corrected chi connectivity index (χ3v) is 6.86. The third-order valence-electron chi connectivity index (χ3n) is 5.99. The van der Waals surface area contributed by atoms with Crippen LogP contribution in [0.4, 0.5) is 0 Å². The summed E-state index contributed by atoms with van der Waals surface area (Å²) >= 11 is 1.59. The first-order valence-electron chi connectivity index (χ1n) is 11.4. The number of azide groups is 1. The van der Waals surface area contributed by atoms with Crippen LogP contribution in [0.2, 0.25) is 0 Å². The molecule has 194 valence electrons. The number of imidazole rings is 1. The van der Waals surface area contributed by atoms with Gasteiger partial charge in [-0.05, 0) is 61.9 Å². The molecule has 0 saturated carbocycles. The van der Waals surface area contributed by atoms with E-state index < -0.39 is 0 Å². The van der Waals surface area contributed by atoms with Gasteiger partial charge >= 0.3 is 29.6 Å². The maximum atomic E-state index is 13.5. The minimum atomic E-state index is -0.334. The van der Waals surface area contributed by atoms with E-state index in [-0.39, 0.29) is 54.2 Å². The molecule has 4 rings (SSSR count). The number of ether oxygens (including phenoxy) is 2. The monoisotopic (exact) mass is 545 g/mol. The molecule has 0 unspecified atom stereocenters. The van der Waals surface area contributed by atoms with Gasteiger partial charge in [-0.2, -0.15) is 0 Å². The van der Waals surface area contributed by atoms with Crippen LogP contribution >= 0.6 is 11.3 Å². The van der Waals surface area contributed by atoms with E-state index in [2.05, 4.69) is 10.0 Å². The van der Waals surface area contributed by atoms with Crippen molar-refractivity contribution < 1.29 is 43.8 Å². The first kappa shape index (κ1) is 31.0. The molecular formula is C24H28N9NaO3S. The van der Waals surface area contributed by atoms with Crippen LogP contribution in [0.1, 0.15) is 37.0 Å². The molecule has 14 heteroatoms. The number of amides is 1. The van der Waals surface area contributed by atoms with Gasteiger partial charge in [0.2, 0.25) is 0 Å². The molecule has 3 aromatic rings. The molecule has 0 N–H and O–H groups in total. The van der Waals surface area contributed by atoms with Gasteiger partial charge in [-0.15, -0.1) is 11.3 Å². The number of thiophene rings is 1. The van der Waals surface area contributed by atoms with Crippen LogP contribution in [0, 0.1) is 0 Å². The number of hydrogen-bond donors (Lipinski definition) is 0. The van der Waals surface area contributed by atoms with E-state index in [4.69, 9.17) is 31.1 Å². The van der Waals surface area contributed by atoms with E-state index in [1.807, 2.05) is 62.0 Å². The molecule has 1 aromatic carbocycles. The summed E-state index contributed by atoms with van der Waals surface area (Å²) in [5.41, 5.74) is 25.4. The van der Waals surface area contributed by atoms with Crippen molar-refractivity contribution in [2.24, 2.45) is 5.11 Å². The van der Waals surface area contributed by atoms with Crippen molar-refractivity contribution in [2.45, 2.75) is 39.3 Å². The summed E-state index contributed by atoms with van der Waals surface area (Å²) < 4.78 is 13.5. The summed E-state index contributed by atoms with van der Waals surface area (Å²) in [6, 6.07) is 7.92. The van der Waals surface area contributed by atoms with Crippen molar-refractivity contribution in [3.05, 3.63) is 67.5 Å². The Labute approximate surface area is 246 Å². The fourth-order valence-electron chi connectivity index (χ4n) is 3.92. The van der Waals surface area contributed by atoms with E-state index in [9.17, 15) is 4.79 Å². The zero-order chi connectivity index (χ0) is 27.2. The average Bonchev–Trinajstić information content (AvgIpc) is 3.53. The van der Waals surface area contributed by atoms with Gasteiger partial charge in [-0.1, -0.05) is 11.2 Å². The molecule has 0 spiro atoms. The van der Waals surface area contributed by atoms with Crippen molar-refractivity contribution in [3.8, 4) is 33.3 Å². The number of benzene rings is 1. The van der Waals surface area contributed by atoms with Crippen molar-refractivity contribution >= 4 is 17.2 Å². The predicted octanol–water partition coefficient (Wildman–Crippen LogP) is 3.27. The number of aromatic nitrogens is 2.